The Morgan fingerprint density at radius 3 is 2.96 bits per heavy atom. The number of rotatable bonds is 5. The van der Waals surface area contributed by atoms with Crippen LogP contribution in [0.25, 0.3) is 11.5 Å². The topological polar surface area (TPSA) is 69.7 Å². The molecule has 0 saturated carbocycles. The zero-order valence-corrected chi connectivity index (χ0v) is 13.3. The maximum atomic E-state index is 11.9. The first-order valence-electron chi connectivity index (χ1n) is 8.14. The summed E-state index contributed by atoms with van der Waals surface area (Å²) >= 11 is 0. The van der Waals surface area contributed by atoms with Crippen LogP contribution in [0.4, 0.5) is 0 Å². The zero-order chi connectivity index (χ0) is 16.1. The molecule has 2 aromatic rings. The second kappa shape index (κ2) is 7.37. The number of aromatic nitrogens is 2. The van der Waals surface area contributed by atoms with Crippen LogP contribution in [0, 0.1) is 5.92 Å². The molecule has 2 heterocycles. The number of esters is 1. The maximum Gasteiger partial charge on any atom is 0.314 e. The monoisotopic (exact) mass is 316 g/mol. The fourth-order valence-corrected chi connectivity index (χ4v) is 3.01. The summed E-state index contributed by atoms with van der Waals surface area (Å²) in [5, 5.41) is 8.25. The highest BCUT2D eigenvalue weighted by Gasteiger charge is 2.30. The van der Waals surface area contributed by atoms with Gasteiger partial charge in [-0.15, -0.1) is 10.2 Å². The number of hydrogen-bond acceptors (Lipinski definition) is 5. The first kappa shape index (κ1) is 15.7. The van der Waals surface area contributed by atoms with Crippen molar-refractivity contribution in [1.29, 1.82) is 0 Å². The molecule has 6 heteroatoms. The summed E-state index contributed by atoms with van der Waals surface area (Å²) in [6.07, 6.45) is 1.92. The molecule has 2 atom stereocenters. The van der Waals surface area contributed by atoms with E-state index in [9.17, 15) is 4.79 Å². The van der Waals surface area contributed by atoms with Gasteiger partial charge in [-0.1, -0.05) is 18.2 Å². The van der Waals surface area contributed by atoms with Gasteiger partial charge in [-0.05, 0) is 31.9 Å². The smallest absolute Gasteiger partial charge is 0.314 e. The first-order chi connectivity index (χ1) is 11.3. The number of nitrogens with zero attached hydrogens (tertiary/aromatic N) is 2. The van der Waals surface area contributed by atoms with Crippen LogP contribution in [0.1, 0.15) is 25.7 Å². The third kappa shape index (κ3) is 3.96. The number of likely N-dealkylation sites (tertiary alicyclic amines) is 1. The summed E-state index contributed by atoms with van der Waals surface area (Å²) in [4.78, 5) is 13.2. The molecule has 0 aliphatic carbocycles. The molecule has 1 N–H and O–H groups in total. The predicted molar refractivity (Wildman–Crippen MR) is 83.5 cm³/mol. The molecule has 1 aromatic heterocycles. The van der Waals surface area contributed by atoms with Crippen LogP contribution in [0.2, 0.25) is 0 Å². The predicted octanol–water partition coefficient (Wildman–Crippen LogP) is 1.09. The minimum atomic E-state index is -0.0831. The van der Waals surface area contributed by atoms with E-state index in [0.29, 0.717) is 24.9 Å². The molecule has 0 amide bonds. The van der Waals surface area contributed by atoms with Crippen LogP contribution in [0.15, 0.2) is 34.7 Å². The van der Waals surface area contributed by atoms with Crippen LogP contribution >= 0.6 is 0 Å². The molecule has 122 valence electrons. The molecule has 1 aromatic carbocycles. The second-order valence-electron chi connectivity index (χ2n) is 5.84. The lowest BCUT2D eigenvalue weighted by Gasteiger charge is -2.27. The van der Waals surface area contributed by atoms with Gasteiger partial charge in [-0.2, -0.15) is 0 Å². The van der Waals surface area contributed by atoms with Crippen LogP contribution in [-0.4, -0.2) is 35.9 Å². The quantitative estimate of drug-likeness (QED) is 0.836. The summed E-state index contributed by atoms with van der Waals surface area (Å²) < 4.78 is 10.9. The van der Waals surface area contributed by atoms with Crippen LogP contribution in [0.5, 0.6) is 0 Å². The van der Waals surface area contributed by atoms with E-state index in [-0.39, 0.29) is 11.9 Å². The van der Waals surface area contributed by atoms with Crippen LogP contribution in [-0.2, 0) is 16.1 Å². The van der Waals surface area contributed by atoms with Crippen molar-refractivity contribution in [2.45, 2.75) is 26.3 Å². The van der Waals surface area contributed by atoms with Crippen molar-refractivity contribution in [3.8, 4) is 11.5 Å². The second-order valence-corrected chi connectivity index (χ2v) is 5.84. The van der Waals surface area contributed by atoms with Gasteiger partial charge in [-0.25, -0.2) is 0 Å². The Hall–Kier alpha value is -2.21. The lowest BCUT2D eigenvalue weighted by atomic mass is 9.98. The van der Waals surface area contributed by atoms with E-state index in [0.717, 1.165) is 31.5 Å². The normalized spacial score (nSPS) is 21.1. The fourth-order valence-electron chi connectivity index (χ4n) is 3.01. The Labute approximate surface area is 135 Å². The van der Waals surface area contributed by atoms with E-state index in [2.05, 4.69) is 10.2 Å². The van der Waals surface area contributed by atoms with Gasteiger partial charge in [0.1, 0.15) is 5.92 Å². The Balaban J connectivity index is 1.61. The summed E-state index contributed by atoms with van der Waals surface area (Å²) in [6.45, 7) is 4.71. The van der Waals surface area contributed by atoms with Crippen molar-refractivity contribution in [3.05, 3.63) is 36.2 Å². The molecule has 0 bridgehead atoms. The average molecular weight is 316 g/mol. The molecule has 1 aliphatic rings. The lowest BCUT2D eigenvalue weighted by Crippen LogP contribution is -3.12. The molecule has 0 radical (unpaired) electrons. The van der Waals surface area contributed by atoms with Crippen LogP contribution in [0.3, 0.4) is 0 Å². The molecular weight excluding hydrogens is 294 g/mol. The Kier molecular flexibility index (Phi) is 5.02. The lowest BCUT2D eigenvalue weighted by molar-refractivity contribution is -0.922. The van der Waals surface area contributed by atoms with E-state index in [1.165, 1.54) is 4.90 Å². The number of ether oxygens (including phenoxy) is 1. The van der Waals surface area contributed by atoms with Gasteiger partial charge in [0.25, 0.3) is 5.89 Å². The van der Waals surface area contributed by atoms with E-state index in [4.69, 9.17) is 9.15 Å². The van der Waals surface area contributed by atoms with E-state index >= 15 is 0 Å². The number of benzene rings is 1. The summed E-state index contributed by atoms with van der Waals surface area (Å²) in [5.41, 5.74) is 0.921. The van der Waals surface area contributed by atoms with E-state index in [1.54, 1.807) is 0 Å². The van der Waals surface area contributed by atoms with Crippen molar-refractivity contribution >= 4 is 5.97 Å². The third-order valence-corrected chi connectivity index (χ3v) is 4.13. The highest BCUT2D eigenvalue weighted by molar-refractivity contribution is 5.72. The molecule has 1 unspecified atom stereocenters. The molecule has 1 aliphatic heterocycles. The maximum absolute atomic E-state index is 11.9. The van der Waals surface area contributed by atoms with Gasteiger partial charge < -0.3 is 14.1 Å². The number of nitrogens with one attached hydrogen (secondary N) is 1. The number of piperidine rings is 1. The SMILES string of the molecule is CCOC(=O)[C@H]1CCC[NH+](Cc2nnc(-c3ccccc3)o2)C1. The van der Waals surface area contributed by atoms with Crippen molar-refractivity contribution in [2.75, 3.05) is 19.7 Å². The Morgan fingerprint density at radius 2 is 2.17 bits per heavy atom. The Morgan fingerprint density at radius 1 is 1.35 bits per heavy atom. The summed E-state index contributed by atoms with van der Waals surface area (Å²) in [6, 6.07) is 9.73. The highest BCUT2D eigenvalue weighted by Crippen LogP contribution is 2.16. The number of quaternary nitrogens is 1. The molecule has 1 fully saturated rings. The van der Waals surface area contributed by atoms with Crippen molar-refractivity contribution in [3.63, 3.8) is 0 Å². The highest BCUT2D eigenvalue weighted by atomic mass is 16.5. The zero-order valence-electron chi connectivity index (χ0n) is 13.3. The summed E-state index contributed by atoms with van der Waals surface area (Å²) in [7, 11) is 0. The number of hydrogen-bond donors (Lipinski definition) is 1. The van der Waals surface area contributed by atoms with Gasteiger partial charge >= 0.3 is 5.97 Å². The van der Waals surface area contributed by atoms with Gasteiger partial charge in [0, 0.05) is 5.56 Å². The van der Waals surface area contributed by atoms with Gasteiger partial charge in [0.2, 0.25) is 5.89 Å². The largest absolute Gasteiger partial charge is 0.466 e. The standard InChI is InChI=1S/C17H21N3O3/c1-2-22-17(21)14-9-6-10-20(11-14)12-15-18-19-16(23-15)13-7-4-3-5-8-13/h3-5,7-8,14H,2,6,9-12H2,1H3/p+1/t14-/m0/s1. The third-order valence-electron chi connectivity index (χ3n) is 4.13. The van der Waals surface area contributed by atoms with Gasteiger partial charge in [0.15, 0.2) is 6.54 Å². The number of carbonyl (C=O) groups is 1. The van der Waals surface area contributed by atoms with Gasteiger partial charge in [0.05, 0.1) is 19.7 Å². The molecule has 3 rings (SSSR count). The number of carbonyl (C=O) groups excluding carboxylic acids is 1. The molecule has 1 saturated heterocycles. The molecular formula is C17H22N3O3+. The van der Waals surface area contributed by atoms with Crippen molar-refractivity contribution in [1.82, 2.24) is 10.2 Å². The van der Waals surface area contributed by atoms with Crippen molar-refractivity contribution < 1.29 is 18.8 Å². The van der Waals surface area contributed by atoms with Crippen LogP contribution < -0.4 is 4.90 Å². The minimum absolute atomic E-state index is 0.0183. The van der Waals surface area contributed by atoms with E-state index < -0.39 is 0 Å². The fraction of sp³-hybridized carbons (Fsp3) is 0.471. The Bertz CT molecular complexity index is 642. The van der Waals surface area contributed by atoms with E-state index in [1.807, 2.05) is 37.3 Å². The molecule has 6 nitrogen and oxygen atoms in total. The first-order valence-corrected chi connectivity index (χ1v) is 8.14. The van der Waals surface area contributed by atoms with Gasteiger partial charge in [-0.3, -0.25) is 4.79 Å². The average Bonchev–Trinajstić information content (AvgIpc) is 3.05. The minimum Gasteiger partial charge on any atom is -0.466 e. The molecule has 0 spiro atoms. The molecule has 23 heavy (non-hydrogen) atoms. The van der Waals surface area contributed by atoms with Crippen molar-refractivity contribution in [2.24, 2.45) is 5.92 Å². The summed E-state index contributed by atoms with van der Waals surface area (Å²) in [5.74, 6) is 1.05.